The third-order valence-electron chi connectivity index (χ3n) is 2.08. The van der Waals surface area contributed by atoms with E-state index in [0.29, 0.717) is 6.54 Å². The molecule has 0 radical (unpaired) electrons. The van der Waals surface area contributed by atoms with Gasteiger partial charge in [0.2, 0.25) is 0 Å². The average Bonchev–Trinajstić information content (AvgIpc) is 2.49. The molecule has 0 aliphatic carbocycles. The summed E-state index contributed by atoms with van der Waals surface area (Å²) in [6.45, 7) is 0.624. The summed E-state index contributed by atoms with van der Waals surface area (Å²) in [7, 11) is 0. The van der Waals surface area contributed by atoms with E-state index in [9.17, 15) is 9.90 Å². The van der Waals surface area contributed by atoms with E-state index in [1.807, 2.05) is 0 Å². The van der Waals surface area contributed by atoms with Crippen LogP contribution >= 0.6 is 0 Å². The van der Waals surface area contributed by atoms with Crippen molar-refractivity contribution in [2.24, 2.45) is 0 Å². The van der Waals surface area contributed by atoms with Crippen molar-refractivity contribution in [3.8, 4) is 0 Å². The van der Waals surface area contributed by atoms with E-state index in [2.05, 4.69) is 0 Å². The van der Waals surface area contributed by atoms with Gasteiger partial charge in [0.05, 0.1) is 19.2 Å². The van der Waals surface area contributed by atoms with E-state index in [4.69, 9.17) is 11.5 Å². The summed E-state index contributed by atoms with van der Waals surface area (Å²) in [4.78, 5) is 11.3. The molecule has 6 nitrogen and oxygen atoms in total. The van der Waals surface area contributed by atoms with Gasteiger partial charge >= 0.3 is 0 Å². The maximum atomic E-state index is 11.3. The number of nitrogens with zero attached hydrogens (tertiary/aromatic N) is 2. The molecule has 0 amide bonds. The number of anilines is 2. The minimum atomic E-state index is -0.527. The molecule has 0 spiro atoms. The van der Waals surface area contributed by atoms with E-state index >= 15 is 0 Å². The highest BCUT2D eigenvalue weighted by molar-refractivity contribution is 5.57. The Hall–Kier alpha value is -1.43. The number of hydrogen-bond acceptors (Lipinski definition) is 4. The molecule has 0 saturated carbocycles. The normalized spacial score (nSPS) is 21.2. The van der Waals surface area contributed by atoms with Crippen LogP contribution in [0.1, 0.15) is 0 Å². The molecular formula is C6H10N4O2. The highest BCUT2D eigenvalue weighted by atomic mass is 16.3. The van der Waals surface area contributed by atoms with Crippen molar-refractivity contribution in [3.05, 3.63) is 10.4 Å². The first-order valence-corrected chi connectivity index (χ1v) is 3.64. The Bertz CT molecular complexity index is 378. The molecule has 0 saturated heterocycles. The lowest BCUT2D eigenvalue weighted by molar-refractivity contribution is 0.170. The lowest BCUT2D eigenvalue weighted by Gasteiger charge is -1.99. The number of nitrogen functional groups attached to an aromatic ring is 2. The van der Waals surface area contributed by atoms with Crippen LogP contribution in [0.3, 0.4) is 0 Å². The van der Waals surface area contributed by atoms with Crippen LogP contribution in [0.25, 0.3) is 0 Å². The minimum Gasteiger partial charge on any atom is -0.391 e. The Balaban J connectivity index is 2.66. The van der Waals surface area contributed by atoms with Gasteiger partial charge in [0, 0.05) is 0 Å². The Labute approximate surface area is 68.0 Å². The van der Waals surface area contributed by atoms with Crippen LogP contribution in [0, 0.1) is 0 Å². The third-order valence-corrected chi connectivity index (χ3v) is 2.08. The number of aromatic nitrogens is 2. The van der Waals surface area contributed by atoms with Crippen LogP contribution in [-0.4, -0.2) is 20.6 Å². The van der Waals surface area contributed by atoms with Gasteiger partial charge in [0.1, 0.15) is 11.5 Å². The second kappa shape index (κ2) is 2.04. The zero-order valence-electron chi connectivity index (χ0n) is 6.40. The first-order chi connectivity index (χ1) is 5.61. The fourth-order valence-corrected chi connectivity index (χ4v) is 1.46. The molecule has 12 heavy (non-hydrogen) atoms. The molecular weight excluding hydrogens is 160 g/mol. The van der Waals surface area contributed by atoms with Crippen molar-refractivity contribution in [1.29, 1.82) is 0 Å². The molecule has 6 heteroatoms. The summed E-state index contributed by atoms with van der Waals surface area (Å²) in [6.07, 6.45) is -0.527. The standard InChI is InChI=1S/C6H10N4O2/c7-4-5(8)9-1-3(11)2-10(9)6(4)12/h3,11H,1-2,7-8H2. The Morgan fingerprint density at radius 2 is 1.92 bits per heavy atom. The molecule has 1 atom stereocenters. The second-order valence-corrected chi connectivity index (χ2v) is 2.92. The van der Waals surface area contributed by atoms with Crippen LogP contribution in [0.15, 0.2) is 4.79 Å². The Kier molecular flexibility index (Phi) is 1.23. The molecule has 2 heterocycles. The van der Waals surface area contributed by atoms with E-state index in [1.54, 1.807) is 0 Å². The molecule has 66 valence electrons. The largest absolute Gasteiger partial charge is 0.391 e. The maximum absolute atomic E-state index is 11.3. The molecule has 0 fully saturated rings. The topological polar surface area (TPSA) is 99.2 Å². The quantitative estimate of drug-likeness (QED) is 0.427. The van der Waals surface area contributed by atoms with E-state index in [1.165, 1.54) is 9.36 Å². The van der Waals surface area contributed by atoms with Crippen molar-refractivity contribution < 1.29 is 5.11 Å². The fraction of sp³-hybridized carbons (Fsp3) is 0.500. The lowest BCUT2D eigenvalue weighted by Crippen LogP contribution is -2.20. The number of hydrogen-bond donors (Lipinski definition) is 3. The van der Waals surface area contributed by atoms with Gasteiger partial charge in [0.15, 0.2) is 0 Å². The van der Waals surface area contributed by atoms with Crippen molar-refractivity contribution >= 4 is 11.5 Å². The summed E-state index contributed by atoms with van der Waals surface area (Å²) in [5.41, 5.74) is 10.7. The van der Waals surface area contributed by atoms with Gasteiger partial charge in [-0.05, 0) is 0 Å². The second-order valence-electron chi connectivity index (χ2n) is 2.92. The zero-order chi connectivity index (χ0) is 8.88. The highest BCUT2D eigenvalue weighted by Crippen LogP contribution is 2.16. The smallest absolute Gasteiger partial charge is 0.292 e. The first kappa shape index (κ1) is 7.23. The maximum Gasteiger partial charge on any atom is 0.292 e. The molecule has 1 aliphatic heterocycles. The van der Waals surface area contributed by atoms with Crippen molar-refractivity contribution in [2.45, 2.75) is 19.2 Å². The van der Waals surface area contributed by atoms with Crippen LogP contribution in [0.5, 0.6) is 0 Å². The highest BCUT2D eigenvalue weighted by Gasteiger charge is 2.24. The summed E-state index contributed by atoms with van der Waals surface area (Å²) in [5, 5.41) is 9.20. The van der Waals surface area contributed by atoms with Gasteiger partial charge in [-0.2, -0.15) is 0 Å². The monoisotopic (exact) mass is 170 g/mol. The van der Waals surface area contributed by atoms with Gasteiger partial charge in [-0.3, -0.25) is 9.48 Å². The van der Waals surface area contributed by atoms with Crippen LogP contribution < -0.4 is 17.0 Å². The summed E-state index contributed by atoms with van der Waals surface area (Å²) in [6, 6.07) is 0. The molecule has 1 aromatic heterocycles. The van der Waals surface area contributed by atoms with Gasteiger partial charge in [-0.1, -0.05) is 0 Å². The van der Waals surface area contributed by atoms with Crippen LogP contribution in [0.2, 0.25) is 0 Å². The molecule has 2 rings (SSSR count). The number of rotatable bonds is 0. The van der Waals surface area contributed by atoms with Crippen molar-refractivity contribution in [3.63, 3.8) is 0 Å². The number of nitrogens with two attached hydrogens (primary N) is 2. The van der Waals surface area contributed by atoms with Crippen LogP contribution in [-0.2, 0) is 13.1 Å². The lowest BCUT2D eigenvalue weighted by atomic mass is 10.4. The zero-order valence-corrected chi connectivity index (χ0v) is 6.40. The van der Waals surface area contributed by atoms with E-state index < -0.39 is 6.10 Å². The number of aliphatic hydroxyl groups excluding tert-OH is 1. The van der Waals surface area contributed by atoms with Gasteiger partial charge in [-0.25, -0.2) is 4.68 Å². The number of aliphatic hydroxyl groups is 1. The SMILES string of the molecule is Nc1c(N)n2n(c1=O)CC(O)C2. The third kappa shape index (κ3) is 0.696. The van der Waals surface area contributed by atoms with Gasteiger partial charge < -0.3 is 16.6 Å². The molecule has 0 bridgehead atoms. The summed E-state index contributed by atoms with van der Waals surface area (Å²) < 4.78 is 2.86. The Morgan fingerprint density at radius 1 is 1.33 bits per heavy atom. The summed E-state index contributed by atoms with van der Waals surface area (Å²) in [5.74, 6) is 0.247. The average molecular weight is 170 g/mol. The molecule has 1 aliphatic rings. The van der Waals surface area contributed by atoms with Gasteiger partial charge in [0.25, 0.3) is 5.56 Å². The number of fused-ring (bicyclic) bond motifs is 1. The van der Waals surface area contributed by atoms with Gasteiger partial charge in [-0.15, -0.1) is 0 Å². The molecule has 1 aromatic rings. The Morgan fingerprint density at radius 3 is 2.50 bits per heavy atom. The van der Waals surface area contributed by atoms with E-state index in [-0.39, 0.29) is 23.6 Å². The van der Waals surface area contributed by atoms with Crippen LogP contribution in [0.4, 0.5) is 11.5 Å². The van der Waals surface area contributed by atoms with E-state index in [0.717, 1.165) is 0 Å². The summed E-state index contributed by atoms with van der Waals surface area (Å²) >= 11 is 0. The van der Waals surface area contributed by atoms with Crippen molar-refractivity contribution in [1.82, 2.24) is 9.36 Å². The predicted octanol–water partition coefficient (Wildman–Crippen LogP) is -1.81. The first-order valence-electron chi connectivity index (χ1n) is 3.64. The molecule has 1 unspecified atom stereocenters. The predicted molar refractivity (Wildman–Crippen MR) is 43.5 cm³/mol. The minimum absolute atomic E-state index is 0.0712. The molecule has 0 aromatic carbocycles. The van der Waals surface area contributed by atoms with Crippen molar-refractivity contribution in [2.75, 3.05) is 11.5 Å². The molecule has 5 N–H and O–H groups in total. The fourth-order valence-electron chi connectivity index (χ4n) is 1.46.